The molecule has 0 aliphatic carbocycles. The van der Waals surface area contributed by atoms with Crippen molar-refractivity contribution in [2.24, 2.45) is 0 Å². The Bertz CT molecular complexity index is 857. The third-order valence-electron chi connectivity index (χ3n) is 6.21. The highest BCUT2D eigenvalue weighted by molar-refractivity contribution is 6.31. The Morgan fingerprint density at radius 2 is 1.81 bits per heavy atom. The lowest BCUT2D eigenvalue weighted by Gasteiger charge is -2.36. The summed E-state index contributed by atoms with van der Waals surface area (Å²) in [6, 6.07) is 18.3. The van der Waals surface area contributed by atoms with E-state index in [1.54, 1.807) is 0 Å². The van der Waals surface area contributed by atoms with Gasteiger partial charge in [-0.15, -0.1) is 0 Å². The number of benzene rings is 2. The third kappa shape index (κ3) is 5.86. The van der Waals surface area contributed by atoms with Crippen LogP contribution in [0.5, 0.6) is 0 Å². The molecule has 2 aromatic carbocycles. The highest BCUT2D eigenvalue weighted by Gasteiger charge is 2.29. The summed E-state index contributed by atoms with van der Waals surface area (Å²) >= 11 is 6.50. The Morgan fingerprint density at radius 1 is 1.10 bits per heavy atom. The minimum atomic E-state index is -0.00164. The number of nitrogens with one attached hydrogen (secondary N) is 1. The van der Waals surface area contributed by atoms with Gasteiger partial charge in [0.2, 0.25) is 5.91 Å². The van der Waals surface area contributed by atoms with E-state index in [0.29, 0.717) is 13.1 Å². The van der Waals surface area contributed by atoms with Crippen molar-refractivity contribution < 1.29 is 9.53 Å². The first kappa shape index (κ1) is 22.3. The van der Waals surface area contributed by atoms with Crippen LogP contribution < -0.4 is 5.32 Å². The van der Waals surface area contributed by atoms with Gasteiger partial charge in [0.15, 0.2) is 0 Å². The summed E-state index contributed by atoms with van der Waals surface area (Å²) in [5.41, 5.74) is 2.25. The van der Waals surface area contributed by atoms with Crippen molar-refractivity contribution >= 4 is 17.5 Å². The van der Waals surface area contributed by atoms with Crippen LogP contribution in [0, 0.1) is 0 Å². The first-order valence-electron chi connectivity index (χ1n) is 11.3. The van der Waals surface area contributed by atoms with Gasteiger partial charge < -0.3 is 10.1 Å². The minimum Gasteiger partial charge on any atom is -0.368 e. The SMILES string of the molecule is CC1CN(CC(=O)NCC(c2ccccc2Cl)N2CCCC2)CC(c2ccccc2)O1. The first-order valence-corrected chi connectivity index (χ1v) is 11.7. The van der Waals surface area contributed by atoms with Gasteiger partial charge in [0.05, 0.1) is 24.8 Å². The molecule has 3 atom stereocenters. The molecule has 166 valence electrons. The van der Waals surface area contributed by atoms with E-state index in [-0.39, 0.29) is 24.2 Å². The number of carbonyl (C=O) groups excluding carboxylic acids is 1. The Labute approximate surface area is 190 Å². The van der Waals surface area contributed by atoms with Crippen LogP contribution in [-0.2, 0) is 9.53 Å². The molecule has 0 bridgehead atoms. The van der Waals surface area contributed by atoms with E-state index in [4.69, 9.17) is 16.3 Å². The van der Waals surface area contributed by atoms with Crippen LogP contribution >= 0.6 is 11.6 Å². The maximum absolute atomic E-state index is 12.9. The van der Waals surface area contributed by atoms with Crippen LogP contribution in [0.2, 0.25) is 5.02 Å². The monoisotopic (exact) mass is 441 g/mol. The molecule has 5 nitrogen and oxygen atoms in total. The second-order valence-electron chi connectivity index (χ2n) is 8.62. The van der Waals surface area contributed by atoms with Gasteiger partial charge in [-0.3, -0.25) is 14.6 Å². The fraction of sp³-hybridized carbons (Fsp3) is 0.480. The number of amides is 1. The molecule has 2 aliphatic rings. The number of carbonyl (C=O) groups is 1. The third-order valence-corrected chi connectivity index (χ3v) is 6.56. The molecule has 1 amide bonds. The predicted molar refractivity (Wildman–Crippen MR) is 124 cm³/mol. The number of morpholine rings is 1. The molecule has 1 N–H and O–H groups in total. The van der Waals surface area contributed by atoms with Crippen molar-refractivity contribution in [2.45, 2.75) is 38.0 Å². The van der Waals surface area contributed by atoms with Gasteiger partial charge in [0, 0.05) is 24.7 Å². The summed E-state index contributed by atoms with van der Waals surface area (Å²) in [5.74, 6) is 0.0529. The lowest BCUT2D eigenvalue weighted by atomic mass is 10.1. The van der Waals surface area contributed by atoms with Crippen LogP contribution in [0.1, 0.15) is 43.0 Å². The summed E-state index contributed by atoms with van der Waals surface area (Å²) in [6.07, 6.45) is 2.48. The second-order valence-corrected chi connectivity index (χ2v) is 9.03. The Kier molecular flexibility index (Phi) is 7.62. The lowest BCUT2D eigenvalue weighted by Crippen LogP contribution is -2.48. The molecule has 3 unspecified atom stereocenters. The first-order chi connectivity index (χ1) is 15.1. The summed E-state index contributed by atoms with van der Waals surface area (Å²) in [6.45, 7) is 6.60. The molecule has 2 fully saturated rings. The van der Waals surface area contributed by atoms with Gasteiger partial charge in [-0.05, 0) is 50.0 Å². The van der Waals surface area contributed by atoms with Gasteiger partial charge in [-0.1, -0.05) is 60.1 Å². The van der Waals surface area contributed by atoms with E-state index < -0.39 is 0 Å². The average Bonchev–Trinajstić information content (AvgIpc) is 3.30. The maximum atomic E-state index is 12.9. The largest absolute Gasteiger partial charge is 0.368 e. The standard InChI is InChI=1S/C25H32ClN3O2/c1-19-16-28(17-24(31-19)20-9-3-2-4-10-20)18-25(30)27-15-23(29-13-7-8-14-29)21-11-5-6-12-22(21)26/h2-6,9-12,19,23-24H,7-8,13-18H2,1H3,(H,27,30). The van der Waals surface area contributed by atoms with E-state index in [0.717, 1.165) is 42.3 Å². The zero-order valence-corrected chi connectivity index (χ0v) is 18.9. The fourth-order valence-electron chi connectivity index (χ4n) is 4.72. The molecular formula is C25H32ClN3O2. The molecule has 0 saturated carbocycles. The van der Waals surface area contributed by atoms with Crippen LogP contribution in [0.4, 0.5) is 0 Å². The molecule has 4 rings (SSSR count). The van der Waals surface area contributed by atoms with Crippen LogP contribution in [0.25, 0.3) is 0 Å². The van der Waals surface area contributed by atoms with Crippen LogP contribution in [0.3, 0.4) is 0 Å². The Balaban J connectivity index is 1.36. The maximum Gasteiger partial charge on any atom is 0.234 e. The minimum absolute atomic E-state index is 0.00164. The van der Waals surface area contributed by atoms with Crippen molar-refractivity contribution in [3.05, 3.63) is 70.7 Å². The highest BCUT2D eigenvalue weighted by Crippen LogP contribution is 2.30. The zero-order chi connectivity index (χ0) is 21.6. The van der Waals surface area contributed by atoms with Crippen molar-refractivity contribution in [3.63, 3.8) is 0 Å². The normalized spacial score (nSPS) is 23.5. The molecule has 2 aliphatic heterocycles. The van der Waals surface area contributed by atoms with Crippen LogP contribution in [0.15, 0.2) is 54.6 Å². The van der Waals surface area contributed by atoms with Crippen LogP contribution in [-0.4, -0.2) is 61.1 Å². The number of halogens is 1. The second kappa shape index (κ2) is 10.6. The Hall–Kier alpha value is -1.92. The van der Waals surface area contributed by atoms with Crippen molar-refractivity contribution in [3.8, 4) is 0 Å². The molecule has 2 aromatic rings. The number of hydrogen-bond acceptors (Lipinski definition) is 4. The van der Waals surface area contributed by atoms with Gasteiger partial charge in [0.25, 0.3) is 0 Å². The molecule has 6 heteroatoms. The quantitative estimate of drug-likeness (QED) is 0.703. The van der Waals surface area contributed by atoms with E-state index in [9.17, 15) is 4.79 Å². The van der Waals surface area contributed by atoms with E-state index >= 15 is 0 Å². The summed E-state index contributed by atoms with van der Waals surface area (Å²) in [7, 11) is 0. The van der Waals surface area contributed by atoms with Gasteiger partial charge in [-0.2, -0.15) is 0 Å². The average molecular weight is 442 g/mol. The summed E-state index contributed by atoms with van der Waals surface area (Å²) in [4.78, 5) is 17.5. The molecule has 0 spiro atoms. The summed E-state index contributed by atoms with van der Waals surface area (Å²) in [5, 5.41) is 3.95. The van der Waals surface area contributed by atoms with Gasteiger partial charge >= 0.3 is 0 Å². The van der Waals surface area contributed by atoms with Crippen molar-refractivity contribution in [1.82, 2.24) is 15.1 Å². The Morgan fingerprint density at radius 3 is 2.55 bits per heavy atom. The number of ether oxygens (including phenoxy) is 1. The number of likely N-dealkylation sites (tertiary alicyclic amines) is 1. The van der Waals surface area contributed by atoms with E-state index in [2.05, 4.69) is 40.2 Å². The van der Waals surface area contributed by atoms with Gasteiger partial charge in [-0.25, -0.2) is 0 Å². The van der Waals surface area contributed by atoms with Crippen molar-refractivity contribution in [2.75, 3.05) is 39.3 Å². The van der Waals surface area contributed by atoms with Crippen molar-refractivity contribution in [1.29, 1.82) is 0 Å². The molecule has 2 heterocycles. The van der Waals surface area contributed by atoms with E-state index in [1.165, 1.54) is 12.8 Å². The zero-order valence-electron chi connectivity index (χ0n) is 18.2. The fourth-order valence-corrected chi connectivity index (χ4v) is 4.99. The number of rotatable bonds is 7. The number of nitrogens with zero attached hydrogens (tertiary/aromatic N) is 2. The smallest absolute Gasteiger partial charge is 0.234 e. The molecule has 2 saturated heterocycles. The topological polar surface area (TPSA) is 44.8 Å². The number of hydrogen-bond donors (Lipinski definition) is 1. The van der Waals surface area contributed by atoms with E-state index in [1.807, 2.05) is 36.4 Å². The molecule has 0 radical (unpaired) electrons. The highest BCUT2D eigenvalue weighted by atomic mass is 35.5. The molecular weight excluding hydrogens is 410 g/mol. The predicted octanol–water partition coefficient (Wildman–Crippen LogP) is 4.06. The molecule has 0 aromatic heterocycles. The van der Waals surface area contributed by atoms with Gasteiger partial charge in [0.1, 0.15) is 0 Å². The summed E-state index contributed by atoms with van der Waals surface area (Å²) < 4.78 is 6.13. The lowest BCUT2D eigenvalue weighted by molar-refractivity contribution is -0.127. The molecule has 31 heavy (non-hydrogen) atoms.